The molecule has 139 heavy (non-hydrogen) atoms. The number of nitrogens with zero attached hydrogens (tertiary/aromatic N) is 10. The highest BCUT2D eigenvalue weighted by atomic mass is 16.6. The van der Waals surface area contributed by atoms with Crippen molar-refractivity contribution in [1.82, 2.24) is 50.2 Å². The number of tetrazole rings is 2. The summed E-state index contributed by atoms with van der Waals surface area (Å²) in [5, 5.41) is 70.9. The third kappa shape index (κ3) is 30.8. The average Bonchev–Trinajstić information content (AvgIpc) is 1.03. The first-order valence-corrected chi connectivity index (χ1v) is 50.1. The van der Waals surface area contributed by atoms with Crippen molar-refractivity contribution in [3.63, 3.8) is 0 Å². The SMILES string of the molecule is C.COC1C(=O)C(C)C[C@H](C)/C=C/C=C/C=C(\C)[C@@H](OC)C[C@@H]2CC[C@@H](C)[C@@](O)(O2)C(=O)C(=O)N2CCCC[C@H]2C(=O)O[C@H]([C@H](C)C[C@@H]2CC[C@H](n3cnnn3)[C@H](OC)C2)CC(=O)[C@H](C)/C=C(\C)[C@H]1O.COC1C(=O)[C@H](C)C[C@H](C)/C=C/C=C/C=C(\C)[C@@H](OC)C[C@@H]2CC[C@@H](C)[C@@](O)(O2)C(=O)C(=O)N2CCCC[C@H]2C(=O)O[C@H]([C@H](C)C[C@@H]2CC[C@H](n3ncnn3)[C@H](OC)C2)CC(=O)[C@H](C)/C=C(\C)[C@H]1O. The summed E-state index contributed by atoms with van der Waals surface area (Å²) in [7, 11) is 9.23. The van der Waals surface area contributed by atoms with E-state index in [2.05, 4.69) is 30.9 Å². The predicted octanol–water partition coefficient (Wildman–Crippen LogP) is 12.7. The molecule has 34 nitrogen and oxygen atoms in total. The molecule has 0 aromatic carbocycles. The van der Waals surface area contributed by atoms with Gasteiger partial charge in [0.05, 0.1) is 48.7 Å². The highest BCUT2D eigenvalue weighted by molar-refractivity contribution is 6.39. The van der Waals surface area contributed by atoms with Crippen molar-refractivity contribution in [1.29, 1.82) is 0 Å². The van der Waals surface area contributed by atoms with Crippen LogP contribution in [0, 0.1) is 71.0 Å². The van der Waals surface area contributed by atoms with Gasteiger partial charge in [-0.3, -0.25) is 38.4 Å². The molecular weight excluding hydrogens is 1790 g/mol. The van der Waals surface area contributed by atoms with Crippen molar-refractivity contribution < 1.29 is 116 Å². The Morgan fingerprint density at radius 3 is 1.27 bits per heavy atom. The number of ketones is 6. The van der Waals surface area contributed by atoms with Gasteiger partial charge in [0.1, 0.15) is 66.6 Å². The van der Waals surface area contributed by atoms with Crippen molar-refractivity contribution in [2.45, 2.75) is 367 Å². The molecule has 30 atom stereocenters. The Morgan fingerprint density at radius 2 is 0.885 bits per heavy atom. The Hall–Kier alpha value is -8.52. The molecule has 4 bridgehead atoms. The lowest BCUT2D eigenvalue weighted by atomic mass is 9.77. The Labute approximate surface area is 822 Å². The molecule has 2 saturated carbocycles. The van der Waals surface area contributed by atoms with E-state index in [0.717, 1.165) is 36.8 Å². The van der Waals surface area contributed by atoms with Crippen molar-refractivity contribution in [2.75, 3.05) is 55.7 Å². The van der Waals surface area contributed by atoms with Crippen LogP contribution >= 0.6 is 0 Å². The van der Waals surface area contributed by atoms with Gasteiger partial charge in [-0.2, -0.15) is 4.80 Å². The molecule has 6 aliphatic heterocycles. The minimum Gasteiger partial charge on any atom is -0.460 e. The summed E-state index contributed by atoms with van der Waals surface area (Å²) in [6, 6.07) is -2.44. The number of allylic oxidation sites excluding steroid dienone is 12. The van der Waals surface area contributed by atoms with Crippen LogP contribution in [0.5, 0.6) is 0 Å². The lowest BCUT2D eigenvalue weighted by Gasteiger charge is -2.42. The van der Waals surface area contributed by atoms with Gasteiger partial charge in [0.15, 0.2) is 17.9 Å². The normalized spacial score (nSPS) is 38.5. The fourth-order valence-electron chi connectivity index (χ4n) is 21.4. The molecule has 0 radical (unpaired) electrons. The number of Topliss-reactive ketones (excluding diaryl/α,β-unsaturated/α-hetero) is 6. The van der Waals surface area contributed by atoms with Gasteiger partial charge < -0.3 is 77.6 Å². The molecule has 4 saturated heterocycles. The minimum absolute atomic E-state index is 0. The number of esters is 2. The molecule has 2 aliphatic carbocycles. The predicted molar refractivity (Wildman–Crippen MR) is 519 cm³/mol. The summed E-state index contributed by atoms with van der Waals surface area (Å²) in [6.45, 7) is 25.6. The van der Waals surface area contributed by atoms with Crippen LogP contribution in [0.4, 0.5) is 0 Å². The minimum atomic E-state index is -2.43. The number of amides is 2. The fraction of sp³-hybridized carbons (Fsp3) is 0.733. The smallest absolute Gasteiger partial charge is 0.329 e. The molecule has 8 heterocycles. The van der Waals surface area contributed by atoms with Crippen molar-refractivity contribution in [3.8, 4) is 0 Å². The first-order chi connectivity index (χ1) is 65.6. The molecule has 2 aromatic rings. The van der Waals surface area contributed by atoms with E-state index in [1.54, 1.807) is 97.9 Å². The third-order valence-corrected chi connectivity index (χ3v) is 30.3. The number of aromatic nitrogens is 8. The Morgan fingerprint density at radius 1 is 0.468 bits per heavy atom. The summed E-state index contributed by atoms with van der Waals surface area (Å²) < 4.78 is 61.4. The number of aliphatic hydroxyl groups excluding tert-OH is 2. The van der Waals surface area contributed by atoms with E-state index in [1.807, 2.05) is 116 Å². The number of methoxy groups -OCH3 is 6. The first kappa shape index (κ1) is 116. The number of piperidine rings is 2. The molecule has 8 aliphatic rings. The zero-order valence-electron chi connectivity index (χ0n) is 85.1. The van der Waals surface area contributed by atoms with Crippen LogP contribution in [0.1, 0.15) is 271 Å². The molecule has 3 unspecified atom stereocenters. The van der Waals surface area contributed by atoms with E-state index in [-0.39, 0.29) is 129 Å². The molecule has 2 amide bonds. The van der Waals surface area contributed by atoms with Crippen LogP contribution in [0.2, 0.25) is 0 Å². The first-order valence-electron chi connectivity index (χ1n) is 50.1. The maximum absolute atomic E-state index is 14.5. The quantitative estimate of drug-likeness (QED) is 0.0775. The zero-order chi connectivity index (χ0) is 101. The molecule has 34 heteroatoms. The second kappa shape index (κ2) is 54.8. The van der Waals surface area contributed by atoms with Gasteiger partial charge in [-0.25, -0.2) is 14.3 Å². The van der Waals surface area contributed by atoms with Crippen molar-refractivity contribution in [3.05, 3.63) is 108 Å². The average molecular weight is 1950 g/mol. The van der Waals surface area contributed by atoms with Crippen LogP contribution in [0.3, 0.4) is 0 Å². The number of rotatable bonds is 14. The van der Waals surface area contributed by atoms with Gasteiger partial charge in [-0.05, 0) is 230 Å². The van der Waals surface area contributed by atoms with E-state index < -0.39 is 156 Å². The summed E-state index contributed by atoms with van der Waals surface area (Å²) >= 11 is 0. The third-order valence-electron chi connectivity index (χ3n) is 30.3. The van der Waals surface area contributed by atoms with Gasteiger partial charge in [-0.15, -0.1) is 15.3 Å². The van der Waals surface area contributed by atoms with Crippen LogP contribution in [-0.2, 0) is 95.3 Å². The van der Waals surface area contributed by atoms with E-state index in [1.165, 1.54) is 30.3 Å². The number of fused-ring (bicyclic) bond motifs is 6. The second-order valence-corrected chi connectivity index (χ2v) is 40.7. The summed E-state index contributed by atoms with van der Waals surface area (Å²) in [4.78, 5) is 146. The van der Waals surface area contributed by atoms with Gasteiger partial charge in [-0.1, -0.05) is 150 Å². The van der Waals surface area contributed by atoms with Gasteiger partial charge in [0.2, 0.25) is 11.6 Å². The number of ether oxygens (including phenoxy) is 10. The largest absolute Gasteiger partial charge is 0.460 e. The lowest BCUT2D eigenvalue weighted by Crippen LogP contribution is -2.61. The number of carbonyl (C=O) groups is 10. The van der Waals surface area contributed by atoms with E-state index >= 15 is 0 Å². The summed E-state index contributed by atoms with van der Waals surface area (Å²) in [5.74, 6) is -15.9. The van der Waals surface area contributed by atoms with Gasteiger partial charge >= 0.3 is 11.9 Å². The molecule has 6 fully saturated rings. The highest BCUT2D eigenvalue weighted by Gasteiger charge is 2.56. The second-order valence-electron chi connectivity index (χ2n) is 40.7. The molecule has 0 spiro atoms. The number of hydrogen-bond acceptors (Lipinski definition) is 30. The van der Waals surface area contributed by atoms with Gasteiger partial charge in [0.25, 0.3) is 23.4 Å². The van der Waals surface area contributed by atoms with E-state index in [0.29, 0.717) is 114 Å². The molecule has 2 aromatic heterocycles. The van der Waals surface area contributed by atoms with Crippen LogP contribution in [0.25, 0.3) is 0 Å². The monoisotopic (exact) mass is 1950 g/mol. The van der Waals surface area contributed by atoms with Crippen LogP contribution in [-0.4, -0.2) is 282 Å². The zero-order valence-corrected chi connectivity index (χ0v) is 85.1. The molecular formula is C105H162N10O24. The van der Waals surface area contributed by atoms with E-state index in [9.17, 15) is 68.4 Å². The number of cyclic esters (lactones) is 2. The highest BCUT2D eigenvalue weighted by Crippen LogP contribution is 2.44. The summed E-state index contributed by atoms with van der Waals surface area (Å²) in [5.41, 5.74) is 2.54. The van der Waals surface area contributed by atoms with Crippen molar-refractivity contribution >= 4 is 58.5 Å². The van der Waals surface area contributed by atoms with Crippen molar-refractivity contribution in [2.24, 2.45) is 71.0 Å². The molecule has 10 rings (SSSR count). The standard InChI is InChI=1S/2C52H79N5O12.CH4/c1-31-16-12-11-13-17-32(2)43(65-8)28-39-21-19-37(7)52(64,69-39)49(61)50(62)56-23-15-14-18-41(56)51(63)68-44(34(4)26-38-20-22-40(45(27-38)66-9)57-30-53-54-55-57)29-42(58)33(3)25-36(6)47(60)48(67-10)46(59)35(5)24-31;1-31-16-12-11-13-17-32(2)43(65-8)28-39-21-19-37(7)52(64,69-39)49(61)50(62)56-23-15-14-18-41(56)51(63)68-44(34(4)26-38-20-22-40(45(27-38)66-9)57-54-30-53-55-57)29-42(58)33(3)25-36(6)47(60)48(67-10)46(59)35(5)24-31;/h2*11-13,16-17,25,30-31,33-35,37-41,43-45,47-48,60,64H,14-15,18-24,26-29H2,1-10H3;1H4/b2*13-11+,16-12+,32-17+,36-25+;/t31-,33-,34-,35?,37-,38+,39+,40+,41+,43+,44+,45-,47-,48?,52-;31-,33-,34-,35-,37-,38+,39+,40+,41+,43+,44+,45-,47-,48?,52-;/m11./s1. The number of hydrogen-bond donors (Lipinski definition) is 4. The maximum atomic E-state index is 14.5. The Bertz CT molecular complexity index is 4320. The van der Waals surface area contributed by atoms with E-state index in [4.69, 9.17) is 47.4 Å². The Kier molecular flexibility index (Phi) is 45.6. The molecule has 776 valence electrons. The number of carbonyl (C=O) groups excluding carboxylic acids is 10. The number of aliphatic hydroxyl groups is 4. The molecule has 4 N–H and O–H groups in total. The lowest BCUT2D eigenvalue weighted by molar-refractivity contribution is -0.265. The Balaban J connectivity index is 0.000000338. The van der Waals surface area contributed by atoms with Crippen LogP contribution in [0.15, 0.2) is 108 Å². The van der Waals surface area contributed by atoms with Crippen LogP contribution < -0.4 is 0 Å². The topological polar surface area (TPSA) is 438 Å². The maximum Gasteiger partial charge on any atom is 0.329 e. The fourth-order valence-corrected chi connectivity index (χ4v) is 21.4. The summed E-state index contributed by atoms with van der Waals surface area (Å²) in [6.07, 6.45) is 27.6. The van der Waals surface area contributed by atoms with Gasteiger partial charge in [0, 0.05) is 117 Å².